The summed E-state index contributed by atoms with van der Waals surface area (Å²) in [7, 11) is 1.70. The number of hydrogen-bond acceptors (Lipinski definition) is 3. The molecular weight excluding hydrogens is 400 g/mol. The van der Waals surface area contributed by atoms with Crippen LogP contribution in [0.4, 0.5) is 8.78 Å². The Hall–Kier alpha value is -2.51. The molecule has 1 unspecified atom stereocenters. The van der Waals surface area contributed by atoms with Crippen molar-refractivity contribution in [1.29, 1.82) is 0 Å². The van der Waals surface area contributed by atoms with Gasteiger partial charge in [0.15, 0.2) is 0 Å². The van der Waals surface area contributed by atoms with E-state index in [1.807, 2.05) is 30.3 Å². The topological polar surface area (TPSA) is 52.7 Å². The van der Waals surface area contributed by atoms with E-state index in [0.717, 1.165) is 11.6 Å². The highest BCUT2D eigenvalue weighted by atomic mass is 35.5. The molecule has 3 rings (SSSR count). The van der Waals surface area contributed by atoms with Crippen molar-refractivity contribution in [3.05, 3.63) is 71.3 Å². The highest BCUT2D eigenvalue weighted by Crippen LogP contribution is 2.15. The third kappa shape index (κ3) is 6.24. The van der Waals surface area contributed by atoms with Crippen molar-refractivity contribution < 1.29 is 18.4 Å². The van der Waals surface area contributed by atoms with E-state index in [2.05, 4.69) is 5.32 Å². The molecule has 0 aromatic heterocycles. The molecule has 29 heavy (non-hydrogen) atoms. The second kappa shape index (κ2) is 10.3. The Bertz CT molecular complexity index is 831. The average Bonchev–Trinajstić information content (AvgIpc) is 2.65. The number of benzene rings is 2. The predicted molar refractivity (Wildman–Crippen MR) is 108 cm³/mol. The minimum absolute atomic E-state index is 0. The second-order valence-electron chi connectivity index (χ2n) is 6.98. The van der Waals surface area contributed by atoms with Crippen molar-refractivity contribution in [2.75, 3.05) is 20.1 Å². The number of halogens is 3. The van der Waals surface area contributed by atoms with Gasteiger partial charge in [0.25, 0.3) is 0 Å². The van der Waals surface area contributed by atoms with Gasteiger partial charge in [0.2, 0.25) is 11.8 Å². The summed E-state index contributed by atoms with van der Waals surface area (Å²) in [5, 5.41) is 3.07. The maximum absolute atomic E-state index is 13.4. The first-order chi connectivity index (χ1) is 13.4. The quantitative estimate of drug-likeness (QED) is 0.777. The van der Waals surface area contributed by atoms with Crippen LogP contribution in [0.1, 0.15) is 17.5 Å². The molecule has 5 nitrogen and oxygen atoms in total. The van der Waals surface area contributed by atoms with E-state index in [4.69, 9.17) is 0 Å². The lowest BCUT2D eigenvalue weighted by Gasteiger charge is -2.33. The van der Waals surface area contributed by atoms with E-state index < -0.39 is 17.7 Å². The molecule has 2 aromatic rings. The highest BCUT2D eigenvalue weighted by molar-refractivity contribution is 5.88. The SMILES string of the molecule is CN(Cc1ccccc1)C(=O)CC1NCCN(Cc2cc(F)cc(F)c2)C1=O.Cl. The fourth-order valence-electron chi connectivity index (χ4n) is 3.31. The summed E-state index contributed by atoms with van der Waals surface area (Å²) in [6.45, 7) is 1.51. The van der Waals surface area contributed by atoms with E-state index >= 15 is 0 Å². The molecule has 1 N–H and O–H groups in total. The molecule has 0 saturated carbocycles. The minimum Gasteiger partial charge on any atom is -0.341 e. The zero-order chi connectivity index (χ0) is 20.1. The monoisotopic (exact) mass is 423 g/mol. The maximum Gasteiger partial charge on any atom is 0.240 e. The molecule has 1 aliphatic rings. The van der Waals surface area contributed by atoms with Gasteiger partial charge in [0.1, 0.15) is 11.6 Å². The average molecular weight is 424 g/mol. The van der Waals surface area contributed by atoms with Crippen molar-refractivity contribution in [3.63, 3.8) is 0 Å². The summed E-state index contributed by atoms with van der Waals surface area (Å²) in [5.74, 6) is -1.73. The maximum atomic E-state index is 13.4. The highest BCUT2D eigenvalue weighted by Gasteiger charge is 2.31. The van der Waals surface area contributed by atoms with Crippen LogP contribution in [0.3, 0.4) is 0 Å². The first-order valence-electron chi connectivity index (χ1n) is 9.17. The number of piperazine rings is 1. The zero-order valence-corrected chi connectivity index (χ0v) is 16.9. The van der Waals surface area contributed by atoms with Crippen LogP contribution in [0.5, 0.6) is 0 Å². The zero-order valence-electron chi connectivity index (χ0n) is 16.1. The summed E-state index contributed by atoms with van der Waals surface area (Å²) in [5.41, 5.74) is 1.40. The van der Waals surface area contributed by atoms with Gasteiger partial charge in [-0.2, -0.15) is 0 Å². The lowest BCUT2D eigenvalue weighted by Crippen LogP contribution is -2.55. The molecule has 0 spiro atoms. The molecule has 156 valence electrons. The first kappa shape index (κ1) is 22.8. The van der Waals surface area contributed by atoms with E-state index in [-0.39, 0.29) is 37.2 Å². The molecule has 1 fully saturated rings. The molecule has 1 aliphatic heterocycles. The Morgan fingerprint density at radius 1 is 1.14 bits per heavy atom. The normalized spacial score (nSPS) is 16.3. The van der Waals surface area contributed by atoms with Gasteiger partial charge in [-0.3, -0.25) is 9.59 Å². The van der Waals surface area contributed by atoms with E-state index in [9.17, 15) is 18.4 Å². The molecule has 0 aliphatic carbocycles. The number of carbonyl (C=O) groups is 2. The molecule has 0 bridgehead atoms. The summed E-state index contributed by atoms with van der Waals surface area (Å²) in [6, 6.07) is 12.2. The predicted octanol–water partition coefficient (Wildman–Crippen LogP) is 2.74. The molecule has 1 heterocycles. The van der Waals surface area contributed by atoms with Crippen LogP contribution in [0.15, 0.2) is 48.5 Å². The van der Waals surface area contributed by atoms with E-state index in [0.29, 0.717) is 25.2 Å². The van der Waals surface area contributed by atoms with Crippen LogP contribution in [0, 0.1) is 11.6 Å². The van der Waals surface area contributed by atoms with Gasteiger partial charge in [0.05, 0.1) is 12.5 Å². The molecule has 0 radical (unpaired) electrons. The molecule has 1 atom stereocenters. The fourth-order valence-corrected chi connectivity index (χ4v) is 3.31. The first-order valence-corrected chi connectivity index (χ1v) is 9.17. The smallest absolute Gasteiger partial charge is 0.240 e. The molecule has 2 aromatic carbocycles. The molecule has 1 saturated heterocycles. The Balaban J connectivity index is 0.00000300. The fraction of sp³-hybridized carbons (Fsp3) is 0.333. The Morgan fingerprint density at radius 2 is 1.79 bits per heavy atom. The lowest BCUT2D eigenvalue weighted by molar-refractivity contribution is -0.141. The summed E-state index contributed by atoms with van der Waals surface area (Å²) >= 11 is 0. The number of rotatable bonds is 6. The van der Waals surface area contributed by atoms with Gasteiger partial charge in [-0.15, -0.1) is 12.4 Å². The van der Waals surface area contributed by atoms with Gasteiger partial charge in [-0.1, -0.05) is 30.3 Å². The van der Waals surface area contributed by atoms with Crippen molar-refractivity contribution in [1.82, 2.24) is 15.1 Å². The van der Waals surface area contributed by atoms with E-state index in [1.165, 1.54) is 17.0 Å². The Kier molecular flexibility index (Phi) is 8.10. The largest absolute Gasteiger partial charge is 0.341 e. The van der Waals surface area contributed by atoms with Crippen LogP contribution in [0.25, 0.3) is 0 Å². The minimum atomic E-state index is -0.674. The number of amides is 2. The lowest BCUT2D eigenvalue weighted by atomic mass is 10.1. The standard InChI is InChI=1S/C21H23F2N3O2.ClH/c1-25(13-15-5-3-2-4-6-15)20(27)12-19-21(28)26(8-7-24-19)14-16-9-17(22)11-18(23)10-16;/h2-6,9-11,19,24H,7-8,12-14H2,1H3;1H. The van der Waals surface area contributed by atoms with Gasteiger partial charge < -0.3 is 15.1 Å². The number of hydrogen-bond donors (Lipinski definition) is 1. The third-order valence-corrected chi connectivity index (χ3v) is 4.75. The number of nitrogens with one attached hydrogen (secondary N) is 1. The Labute approximate surface area is 175 Å². The van der Waals surface area contributed by atoms with Crippen LogP contribution in [0.2, 0.25) is 0 Å². The second-order valence-corrected chi connectivity index (χ2v) is 6.98. The van der Waals surface area contributed by atoms with Gasteiger partial charge >= 0.3 is 0 Å². The van der Waals surface area contributed by atoms with Crippen molar-refractivity contribution in [3.8, 4) is 0 Å². The van der Waals surface area contributed by atoms with Crippen LogP contribution in [-0.2, 0) is 22.7 Å². The molecule has 2 amide bonds. The van der Waals surface area contributed by atoms with Gasteiger partial charge in [-0.05, 0) is 23.3 Å². The molecule has 8 heteroatoms. The number of nitrogens with zero attached hydrogens (tertiary/aromatic N) is 2. The van der Waals surface area contributed by atoms with Crippen LogP contribution in [-0.4, -0.2) is 47.8 Å². The Morgan fingerprint density at radius 3 is 2.45 bits per heavy atom. The summed E-state index contributed by atoms with van der Waals surface area (Å²) in [6.07, 6.45) is 0.0379. The van der Waals surface area contributed by atoms with Crippen molar-refractivity contribution in [2.24, 2.45) is 0 Å². The van der Waals surface area contributed by atoms with Gasteiger partial charge in [-0.25, -0.2) is 8.78 Å². The third-order valence-electron chi connectivity index (χ3n) is 4.75. The van der Waals surface area contributed by atoms with Crippen LogP contribution < -0.4 is 5.32 Å². The van der Waals surface area contributed by atoms with Crippen molar-refractivity contribution in [2.45, 2.75) is 25.6 Å². The summed E-state index contributed by atoms with van der Waals surface area (Å²) < 4.78 is 26.8. The van der Waals surface area contributed by atoms with Crippen LogP contribution >= 0.6 is 12.4 Å². The van der Waals surface area contributed by atoms with E-state index in [1.54, 1.807) is 11.9 Å². The van der Waals surface area contributed by atoms with Gasteiger partial charge in [0, 0.05) is 39.3 Å². The molecular formula is C21H24ClF2N3O2. The number of carbonyl (C=O) groups excluding carboxylic acids is 2. The van der Waals surface area contributed by atoms with Crippen molar-refractivity contribution >= 4 is 24.2 Å². The summed E-state index contributed by atoms with van der Waals surface area (Å²) in [4.78, 5) is 28.4.